The molecule has 0 aliphatic carbocycles. The van der Waals surface area contributed by atoms with E-state index < -0.39 is 23.7 Å². The van der Waals surface area contributed by atoms with Gasteiger partial charge in [0.1, 0.15) is 17.6 Å². The third-order valence-electron chi connectivity index (χ3n) is 6.81. The fourth-order valence-electron chi connectivity index (χ4n) is 4.98. The standard InChI is InChI=1S/C29H21ClN2O6S/c1-14-11-18-12-17(7-10-21(18)38-14)25(33)23-24(15-3-5-16(6-4-15)28(36)37-2)32(27(35)26(23)34)29-31-20-9-8-19(30)13-22(20)39-29/h3-10,12-14,24,33H,11H2,1-2H3/b25-23+. The summed E-state index contributed by atoms with van der Waals surface area (Å²) in [6, 6.07) is 15.7. The van der Waals surface area contributed by atoms with Crippen LogP contribution in [-0.2, 0) is 20.7 Å². The molecule has 0 spiro atoms. The topological polar surface area (TPSA) is 106 Å². The van der Waals surface area contributed by atoms with Crippen LogP contribution in [0.2, 0.25) is 5.02 Å². The average Bonchev–Trinajstić information content (AvgIpc) is 3.59. The lowest BCUT2D eigenvalue weighted by Crippen LogP contribution is -2.29. The molecular weight excluding hydrogens is 540 g/mol. The van der Waals surface area contributed by atoms with Crippen molar-refractivity contribution in [3.63, 3.8) is 0 Å². The van der Waals surface area contributed by atoms with Gasteiger partial charge in [-0.05, 0) is 66.6 Å². The zero-order chi connectivity index (χ0) is 27.4. The van der Waals surface area contributed by atoms with Crippen LogP contribution >= 0.6 is 22.9 Å². The molecule has 2 aliphatic rings. The van der Waals surface area contributed by atoms with Crippen molar-refractivity contribution >= 4 is 61.7 Å². The van der Waals surface area contributed by atoms with Gasteiger partial charge in [0.05, 0.1) is 34.5 Å². The maximum atomic E-state index is 13.5. The lowest BCUT2D eigenvalue weighted by Gasteiger charge is -2.23. The Morgan fingerprint density at radius 3 is 2.59 bits per heavy atom. The summed E-state index contributed by atoms with van der Waals surface area (Å²) in [6.45, 7) is 1.95. The van der Waals surface area contributed by atoms with Gasteiger partial charge in [-0.1, -0.05) is 35.1 Å². The number of aromatic nitrogens is 1. The minimum atomic E-state index is -0.990. The zero-order valence-corrected chi connectivity index (χ0v) is 22.4. The van der Waals surface area contributed by atoms with E-state index in [-0.39, 0.29) is 22.6 Å². The van der Waals surface area contributed by atoms with E-state index in [0.717, 1.165) is 16.0 Å². The van der Waals surface area contributed by atoms with Crippen molar-refractivity contribution in [1.82, 2.24) is 4.98 Å². The molecule has 1 amide bonds. The molecule has 1 fully saturated rings. The highest BCUT2D eigenvalue weighted by Gasteiger charge is 2.48. The average molecular weight is 561 g/mol. The first-order valence-corrected chi connectivity index (χ1v) is 13.3. The molecule has 0 saturated carbocycles. The molecule has 196 valence electrons. The molecule has 0 radical (unpaired) electrons. The minimum Gasteiger partial charge on any atom is -0.507 e. The number of hydrogen-bond donors (Lipinski definition) is 1. The van der Waals surface area contributed by atoms with Gasteiger partial charge in [-0.25, -0.2) is 9.78 Å². The van der Waals surface area contributed by atoms with Crippen molar-refractivity contribution in [1.29, 1.82) is 0 Å². The van der Waals surface area contributed by atoms with Crippen LogP contribution in [0.4, 0.5) is 5.13 Å². The Morgan fingerprint density at radius 1 is 1.10 bits per heavy atom. The largest absolute Gasteiger partial charge is 0.507 e. The SMILES string of the molecule is COC(=O)c1ccc(C2/C(=C(\O)c3ccc4c(c3)CC(C)O4)C(=O)C(=O)N2c2nc3ccc(Cl)cc3s2)cc1. The number of benzene rings is 3. The van der Waals surface area contributed by atoms with Crippen LogP contribution < -0.4 is 9.64 Å². The molecule has 8 nitrogen and oxygen atoms in total. The summed E-state index contributed by atoms with van der Waals surface area (Å²) in [5.41, 5.74) is 2.67. The van der Waals surface area contributed by atoms with E-state index in [0.29, 0.717) is 33.7 Å². The van der Waals surface area contributed by atoms with Crippen molar-refractivity contribution < 1.29 is 29.0 Å². The molecule has 3 aromatic carbocycles. The van der Waals surface area contributed by atoms with E-state index in [9.17, 15) is 19.5 Å². The second-order valence-corrected chi connectivity index (χ2v) is 10.8. The number of aliphatic hydroxyl groups is 1. The van der Waals surface area contributed by atoms with Gasteiger partial charge in [-0.15, -0.1) is 0 Å². The molecule has 3 heterocycles. The lowest BCUT2D eigenvalue weighted by molar-refractivity contribution is -0.132. The van der Waals surface area contributed by atoms with Gasteiger partial charge in [0.2, 0.25) is 0 Å². The molecule has 2 aliphatic heterocycles. The number of esters is 1. The Morgan fingerprint density at radius 2 is 1.85 bits per heavy atom. The molecule has 2 atom stereocenters. The van der Waals surface area contributed by atoms with Crippen LogP contribution in [0.5, 0.6) is 5.75 Å². The Kier molecular flexibility index (Phi) is 6.12. The first-order valence-electron chi connectivity index (χ1n) is 12.1. The van der Waals surface area contributed by atoms with Crippen LogP contribution in [0.15, 0.2) is 66.2 Å². The fraction of sp³-hybridized carbons (Fsp3) is 0.172. The van der Waals surface area contributed by atoms with E-state index in [2.05, 4.69) is 4.98 Å². The Labute approximate surface area is 232 Å². The first-order chi connectivity index (χ1) is 18.7. The number of hydrogen-bond acceptors (Lipinski definition) is 8. The monoisotopic (exact) mass is 560 g/mol. The van der Waals surface area contributed by atoms with E-state index >= 15 is 0 Å². The number of aliphatic hydroxyl groups excluding tert-OH is 1. The van der Waals surface area contributed by atoms with Gasteiger partial charge in [-0.3, -0.25) is 14.5 Å². The summed E-state index contributed by atoms with van der Waals surface area (Å²) >= 11 is 7.37. The van der Waals surface area contributed by atoms with Crippen LogP contribution in [0.3, 0.4) is 0 Å². The number of ether oxygens (including phenoxy) is 2. The van der Waals surface area contributed by atoms with Gasteiger partial charge in [-0.2, -0.15) is 0 Å². The number of anilines is 1. The number of carbonyl (C=O) groups is 3. The summed E-state index contributed by atoms with van der Waals surface area (Å²) in [4.78, 5) is 44.9. The molecule has 0 bridgehead atoms. The highest BCUT2D eigenvalue weighted by Crippen LogP contribution is 2.45. The molecule has 1 N–H and O–H groups in total. The smallest absolute Gasteiger partial charge is 0.337 e. The maximum absolute atomic E-state index is 13.5. The third-order valence-corrected chi connectivity index (χ3v) is 8.06. The molecular formula is C29H21ClN2O6S. The Hall–Kier alpha value is -4.21. The zero-order valence-electron chi connectivity index (χ0n) is 20.8. The third kappa shape index (κ3) is 4.24. The molecule has 10 heteroatoms. The van der Waals surface area contributed by atoms with E-state index in [4.69, 9.17) is 21.1 Å². The van der Waals surface area contributed by atoms with Gasteiger partial charge in [0, 0.05) is 17.0 Å². The molecule has 39 heavy (non-hydrogen) atoms. The Balaban J connectivity index is 1.52. The van der Waals surface area contributed by atoms with Gasteiger partial charge >= 0.3 is 11.9 Å². The lowest BCUT2D eigenvalue weighted by atomic mass is 9.94. The first kappa shape index (κ1) is 25.1. The molecule has 4 aromatic rings. The quantitative estimate of drug-likeness (QED) is 0.148. The second-order valence-electron chi connectivity index (χ2n) is 9.35. The predicted molar refractivity (Wildman–Crippen MR) is 147 cm³/mol. The highest BCUT2D eigenvalue weighted by molar-refractivity contribution is 7.22. The van der Waals surface area contributed by atoms with Crippen molar-refractivity contribution in [3.8, 4) is 5.75 Å². The van der Waals surface area contributed by atoms with E-state index in [1.165, 1.54) is 23.3 Å². The molecule has 6 rings (SSSR count). The summed E-state index contributed by atoms with van der Waals surface area (Å²) < 4.78 is 11.3. The van der Waals surface area contributed by atoms with Crippen LogP contribution in [0, 0.1) is 0 Å². The van der Waals surface area contributed by atoms with Crippen LogP contribution in [0.1, 0.15) is 40.0 Å². The van der Waals surface area contributed by atoms with Crippen LogP contribution in [0.25, 0.3) is 16.0 Å². The maximum Gasteiger partial charge on any atom is 0.337 e. The second kappa shape index (κ2) is 9.52. The van der Waals surface area contributed by atoms with Crippen molar-refractivity contribution in [2.75, 3.05) is 12.0 Å². The molecule has 2 unspecified atom stereocenters. The number of Topliss-reactive ketones (excluding diaryl/α,β-unsaturated/α-hetero) is 1. The number of ketones is 1. The number of halogens is 1. The molecule has 1 aromatic heterocycles. The minimum absolute atomic E-state index is 0.00356. The van der Waals surface area contributed by atoms with Crippen LogP contribution in [-0.4, -0.2) is 41.0 Å². The van der Waals surface area contributed by atoms with Gasteiger partial charge < -0.3 is 14.6 Å². The summed E-state index contributed by atoms with van der Waals surface area (Å²) in [5, 5.41) is 12.3. The Bertz CT molecular complexity index is 1710. The molecule has 1 saturated heterocycles. The number of methoxy groups -OCH3 is 1. The van der Waals surface area contributed by atoms with E-state index in [1.54, 1.807) is 60.7 Å². The van der Waals surface area contributed by atoms with Crippen molar-refractivity contribution in [2.24, 2.45) is 0 Å². The number of fused-ring (bicyclic) bond motifs is 2. The number of amides is 1. The highest BCUT2D eigenvalue weighted by atomic mass is 35.5. The van der Waals surface area contributed by atoms with Gasteiger partial charge in [0.25, 0.3) is 5.78 Å². The van der Waals surface area contributed by atoms with Gasteiger partial charge in [0.15, 0.2) is 5.13 Å². The fourth-order valence-corrected chi connectivity index (χ4v) is 6.25. The number of thiazole rings is 1. The number of nitrogens with zero attached hydrogens (tertiary/aromatic N) is 2. The van der Waals surface area contributed by atoms with Crippen molar-refractivity contribution in [3.05, 3.63) is 93.5 Å². The van der Waals surface area contributed by atoms with Crippen molar-refractivity contribution in [2.45, 2.75) is 25.5 Å². The summed E-state index contributed by atoms with van der Waals surface area (Å²) in [7, 11) is 1.28. The number of rotatable bonds is 4. The van der Waals surface area contributed by atoms with E-state index in [1.807, 2.05) is 6.92 Å². The summed E-state index contributed by atoms with van der Waals surface area (Å²) in [6.07, 6.45) is 0.668. The predicted octanol–water partition coefficient (Wildman–Crippen LogP) is 5.69. The summed E-state index contributed by atoms with van der Waals surface area (Å²) in [5.74, 6) is -1.75. The number of carbonyl (C=O) groups excluding carboxylic acids is 3. The normalized spacial score (nSPS) is 19.8.